The molecule has 0 saturated carbocycles. The Balaban J connectivity index is 2.15. The monoisotopic (exact) mass is 349 g/mol. The van der Waals surface area contributed by atoms with Gasteiger partial charge in [-0.25, -0.2) is 0 Å². The molecule has 2 N–H and O–H groups in total. The molecule has 0 amide bonds. The van der Waals surface area contributed by atoms with Crippen LogP contribution >= 0.6 is 27.5 Å². The van der Waals surface area contributed by atoms with E-state index in [0.717, 1.165) is 15.7 Å². The van der Waals surface area contributed by atoms with Crippen LogP contribution in [-0.2, 0) is 0 Å². The van der Waals surface area contributed by atoms with Crippen LogP contribution in [0.15, 0.2) is 46.9 Å². The molecule has 0 spiro atoms. The number of halogens is 2. The summed E-state index contributed by atoms with van der Waals surface area (Å²) >= 11 is 9.41. The molecule has 3 rings (SSSR count). The molecule has 1 heterocycles. The fourth-order valence-corrected chi connectivity index (χ4v) is 2.59. The molecule has 0 aliphatic carbocycles. The lowest BCUT2D eigenvalue weighted by atomic mass is 10.2. The minimum atomic E-state index is 0.597. The maximum absolute atomic E-state index is 6.00. The molecule has 0 fully saturated rings. The summed E-state index contributed by atoms with van der Waals surface area (Å²) in [6.07, 6.45) is 0. The summed E-state index contributed by atoms with van der Waals surface area (Å²) in [6.45, 7) is 0. The average Bonchev–Trinajstić information content (AvgIpc) is 2.86. The van der Waals surface area contributed by atoms with Gasteiger partial charge in [-0.15, -0.1) is 5.10 Å². The van der Waals surface area contributed by atoms with Crippen LogP contribution in [0.25, 0.3) is 17.1 Å². The van der Waals surface area contributed by atoms with E-state index in [9.17, 15) is 0 Å². The fraction of sp³-hybridized carbons (Fsp3) is 0. The zero-order chi connectivity index (χ0) is 14.1. The largest absolute Gasteiger partial charge is 0.399 e. The molecule has 20 heavy (non-hydrogen) atoms. The van der Waals surface area contributed by atoms with Crippen LogP contribution < -0.4 is 5.73 Å². The van der Waals surface area contributed by atoms with E-state index in [-0.39, 0.29) is 0 Å². The van der Waals surface area contributed by atoms with Gasteiger partial charge in [-0.1, -0.05) is 33.6 Å². The van der Waals surface area contributed by atoms with Crippen LogP contribution in [0, 0.1) is 0 Å². The second kappa shape index (κ2) is 5.22. The van der Waals surface area contributed by atoms with Crippen LogP contribution in [0.2, 0.25) is 5.02 Å². The molecule has 3 aromatic rings. The highest BCUT2D eigenvalue weighted by Crippen LogP contribution is 2.26. The van der Waals surface area contributed by atoms with Crippen molar-refractivity contribution in [1.82, 2.24) is 20.2 Å². The number of anilines is 1. The Kier molecular flexibility index (Phi) is 3.42. The third kappa shape index (κ3) is 2.52. The van der Waals surface area contributed by atoms with Gasteiger partial charge in [-0.05, 0) is 46.8 Å². The number of nitrogen functional groups attached to an aromatic ring is 1. The van der Waals surface area contributed by atoms with Crippen LogP contribution in [-0.4, -0.2) is 20.2 Å². The van der Waals surface area contributed by atoms with E-state index in [4.69, 9.17) is 17.3 Å². The van der Waals surface area contributed by atoms with Crippen LogP contribution in [0.1, 0.15) is 0 Å². The molecule has 0 radical (unpaired) electrons. The third-order valence-corrected chi connectivity index (χ3v) is 3.39. The molecular weight excluding hydrogens is 342 g/mol. The number of hydrogen-bond acceptors (Lipinski definition) is 4. The second-order valence-corrected chi connectivity index (χ2v) is 5.52. The Hall–Kier alpha value is -1.92. The van der Waals surface area contributed by atoms with Crippen molar-refractivity contribution in [2.75, 3.05) is 5.73 Å². The Morgan fingerprint density at radius 1 is 1.15 bits per heavy atom. The molecule has 1 aromatic heterocycles. The van der Waals surface area contributed by atoms with Gasteiger partial charge >= 0.3 is 0 Å². The standard InChI is InChI=1S/C13H9BrClN5/c14-9-4-8(5-11(16)6-9)13-17-18-19-20(13)12-3-1-2-10(15)7-12/h1-7H,16H2. The predicted octanol–water partition coefficient (Wildman–Crippen LogP) is 3.33. The minimum Gasteiger partial charge on any atom is -0.399 e. The van der Waals surface area contributed by atoms with E-state index >= 15 is 0 Å². The van der Waals surface area contributed by atoms with Crippen molar-refractivity contribution in [3.05, 3.63) is 52.0 Å². The maximum Gasteiger partial charge on any atom is 0.187 e. The van der Waals surface area contributed by atoms with Crippen molar-refractivity contribution in [2.45, 2.75) is 0 Å². The highest BCUT2D eigenvalue weighted by atomic mass is 79.9. The molecular formula is C13H9BrClN5. The zero-order valence-corrected chi connectivity index (χ0v) is 12.5. The van der Waals surface area contributed by atoms with Gasteiger partial charge in [0.05, 0.1) is 5.69 Å². The number of hydrogen-bond donors (Lipinski definition) is 1. The summed E-state index contributed by atoms with van der Waals surface area (Å²) < 4.78 is 2.49. The molecule has 100 valence electrons. The average molecular weight is 351 g/mol. The highest BCUT2D eigenvalue weighted by molar-refractivity contribution is 9.10. The third-order valence-electron chi connectivity index (χ3n) is 2.70. The first-order chi connectivity index (χ1) is 9.63. The van der Waals surface area contributed by atoms with Crippen molar-refractivity contribution in [1.29, 1.82) is 0 Å². The lowest BCUT2D eigenvalue weighted by molar-refractivity contribution is 0.791. The smallest absolute Gasteiger partial charge is 0.187 e. The summed E-state index contributed by atoms with van der Waals surface area (Å²) in [5.74, 6) is 0.597. The molecule has 0 unspecified atom stereocenters. The first-order valence-electron chi connectivity index (χ1n) is 5.74. The molecule has 0 saturated heterocycles. The van der Waals surface area contributed by atoms with Crippen LogP contribution in [0.3, 0.4) is 0 Å². The highest BCUT2D eigenvalue weighted by Gasteiger charge is 2.12. The van der Waals surface area contributed by atoms with Crippen molar-refractivity contribution < 1.29 is 0 Å². The van der Waals surface area contributed by atoms with E-state index in [1.54, 1.807) is 16.8 Å². The van der Waals surface area contributed by atoms with E-state index in [0.29, 0.717) is 16.5 Å². The van der Waals surface area contributed by atoms with E-state index in [1.165, 1.54) is 0 Å². The summed E-state index contributed by atoms with van der Waals surface area (Å²) in [7, 11) is 0. The first-order valence-corrected chi connectivity index (χ1v) is 6.91. The molecule has 0 aliphatic heterocycles. The van der Waals surface area contributed by atoms with Gasteiger partial charge in [-0.2, -0.15) is 4.68 Å². The summed E-state index contributed by atoms with van der Waals surface area (Å²) in [6, 6.07) is 12.9. The molecule has 7 heteroatoms. The van der Waals surface area contributed by atoms with Crippen LogP contribution in [0.5, 0.6) is 0 Å². The van der Waals surface area contributed by atoms with Gasteiger partial charge in [0, 0.05) is 20.7 Å². The van der Waals surface area contributed by atoms with Gasteiger partial charge in [0.15, 0.2) is 5.82 Å². The van der Waals surface area contributed by atoms with Gasteiger partial charge in [-0.3, -0.25) is 0 Å². The molecule has 2 aromatic carbocycles. The number of aromatic nitrogens is 4. The SMILES string of the molecule is Nc1cc(Br)cc(-c2nnnn2-c2cccc(Cl)c2)c1. The summed E-state index contributed by atoms with van der Waals surface area (Å²) in [5.41, 5.74) is 8.09. The van der Waals surface area contributed by atoms with E-state index < -0.39 is 0 Å². The maximum atomic E-state index is 6.00. The van der Waals surface area contributed by atoms with E-state index in [1.807, 2.05) is 30.3 Å². The van der Waals surface area contributed by atoms with Crippen molar-refractivity contribution in [3.8, 4) is 17.1 Å². The Morgan fingerprint density at radius 3 is 2.75 bits per heavy atom. The molecule has 0 bridgehead atoms. The van der Waals surface area contributed by atoms with Gasteiger partial charge in [0.25, 0.3) is 0 Å². The normalized spacial score (nSPS) is 10.7. The lowest BCUT2D eigenvalue weighted by Gasteiger charge is -2.06. The zero-order valence-electron chi connectivity index (χ0n) is 10.2. The summed E-state index contributed by atoms with van der Waals surface area (Å²) in [5, 5.41) is 12.4. The van der Waals surface area contributed by atoms with Crippen molar-refractivity contribution in [2.24, 2.45) is 0 Å². The number of nitrogens with two attached hydrogens (primary N) is 1. The van der Waals surface area contributed by atoms with Crippen molar-refractivity contribution in [3.63, 3.8) is 0 Å². The van der Waals surface area contributed by atoms with Crippen LogP contribution in [0.4, 0.5) is 5.69 Å². The topological polar surface area (TPSA) is 69.6 Å². The number of benzene rings is 2. The second-order valence-electron chi connectivity index (χ2n) is 4.17. The Labute approximate surface area is 128 Å². The van der Waals surface area contributed by atoms with E-state index in [2.05, 4.69) is 31.5 Å². The Bertz CT molecular complexity index is 751. The quantitative estimate of drug-likeness (QED) is 0.720. The minimum absolute atomic E-state index is 0.597. The predicted molar refractivity (Wildman–Crippen MR) is 81.7 cm³/mol. The number of nitrogens with zero attached hydrogens (tertiary/aromatic N) is 4. The molecule has 5 nitrogen and oxygen atoms in total. The Morgan fingerprint density at radius 2 is 2.00 bits per heavy atom. The first kappa shape index (κ1) is 13.1. The molecule has 0 atom stereocenters. The van der Waals surface area contributed by atoms with Crippen molar-refractivity contribution >= 4 is 33.2 Å². The number of rotatable bonds is 2. The van der Waals surface area contributed by atoms with Gasteiger partial charge in [0.2, 0.25) is 0 Å². The molecule has 0 aliphatic rings. The summed E-state index contributed by atoms with van der Waals surface area (Å²) in [4.78, 5) is 0. The number of tetrazole rings is 1. The van der Waals surface area contributed by atoms with Gasteiger partial charge in [0.1, 0.15) is 0 Å². The lowest BCUT2D eigenvalue weighted by Crippen LogP contribution is -2.00. The van der Waals surface area contributed by atoms with Gasteiger partial charge < -0.3 is 5.73 Å². The fourth-order valence-electron chi connectivity index (χ4n) is 1.89.